The summed E-state index contributed by atoms with van der Waals surface area (Å²) in [6.07, 6.45) is 1.64. The molecule has 0 bridgehead atoms. The highest BCUT2D eigenvalue weighted by Gasteiger charge is 2.32. The lowest BCUT2D eigenvalue weighted by atomic mass is 10.1. The molecule has 3 heteroatoms. The minimum atomic E-state index is 0.116. The van der Waals surface area contributed by atoms with E-state index >= 15 is 0 Å². The zero-order chi connectivity index (χ0) is 10.7. The molecule has 1 aliphatic heterocycles. The van der Waals surface area contributed by atoms with Gasteiger partial charge in [-0.2, -0.15) is 0 Å². The molecule has 2 unspecified atom stereocenters. The number of hydrogen-bond donors (Lipinski definition) is 1. The lowest BCUT2D eigenvalue weighted by Crippen LogP contribution is -2.26. The number of aryl methyl sites for hydroxylation is 1. The summed E-state index contributed by atoms with van der Waals surface area (Å²) in [6, 6.07) is 8.26. The van der Waals surface area contributed by atoms with Crippen LogP contribution in [0.25, 0.3) is 0 Å². The van der Waals surface area contributed by atoms with E-state index in [1.807, 2.05) is 24.3 Å². The molecular weight excluding hydrogens is 190 g/mol. The Kier molecular flexibility index (Phi) is 3.02. The van der Waals surface area contributed by atoms with Crippen molar-refractivity contribution in [1.82, 2.24) is 0 Å². The predicted molar refractivity (Wildman–Crippen MR) is 59.0 cm³/mol. The van der Waals surface area contributed by atoms with Gasteiger partial charge in [-0.15, -0.1) is 0 Å². The average molecular weight is 205 g/mol. The number of benzene rings is 1. The van der Waals surface area contributed by atoms with Crippen molar-refractivity contribution < 1.29 is 9.53 Å². The first-order chi connectivity index (χ1) is 7.29. The zero-order valence-electron chi connectivity index (χ0n) is 8.77. The maximum atomic E-state index is 10.5. The smallest absolute Gasteiger partial charge is 0.122 e. The molecule has 1 fully saturated rings. The number of aldehydes is 1. The summed E-state index contributed by atoms with van der Waals surface area (Å²) in [5.41, 5.74) is 2.28. The van der Waals surface area contributed by atoms with Crippen LogP contribution in [0.2, 0.25) is 0 Å². The van der Waals surface area contributed by atoms with Crippen molar-refractivity contribution >= 4 is 12.0 Å². The first-order valence-electron chi connectivity index (χ1n) is 5.18. The second-order valence-corrected chi connectivity index (χ2v) is 3.89. The Bertz CT molecular complexity index is 330. The number of nitrogens with one attached hydrogen (secondary N) is 1. The summed E-state index contributed by atoms with van der Waals surface area (Å²) in [5.74, 6) is 0. The lowest BCUT2D eigenvalue weighted by molar-refractivity contribution is -0.108. The topological polar surface area (TPSA) is 41.6 Å². The second-order valence-electron chi connectivity index (χ2n) is 3.89. The molecule has 1 N–H and O–H groups in total. The maximum absolute atomic E-state index is 10.5. The molecule has 2 atom stereocenters. The average Bonchev–Trinajstić information content (AvgIpc) is 3.04. The van der Waals surface area contributed by atoms with Crippen LogP contribution < -0.4 is 5.32 Å². The van der Waals surface area contributed by atoms with E-state index in [0.29, 0.717) is 6.42 Å². The number of hydrogen-bond acceptors (Lipinski definition) is 3. The van der Waals surface area contributed by atoms with Gasteiger partial charge in [0.15, 0.2) is 0 Å². The summed E-state index contributed by atoms with van der Waals surface area (Å²) in [5, 5.41) is 3.31. The van der Waals surface area contributed by atoms with Crippen LogP contribution >= 0.6 is 0 Å². The third-order valence-corrected chi connectivity index (χ3v) is 2.56. The number of rotatable bonds is 5. The van der Waals surface area contributed by atoms with E-state index in [9.17, 15) is 4.79 Å². The summed E-state index contributed by atoms with van der Waals surface area (Å²) < 4.78 is 5.20. The molecule has 1 saturated heterocycles. The van der Waals surface area contributed by atoms with Gasteiger partial charge >= 0.3 is 0 Å². The van der Waals surface area contributed by atoms with Crippen molar-refractivity contribution in [3.8, 4) is 0 Å². The third kappa shape index (κ3) is 2.80. The molecule has 1 aromatic rings. The van der Waals surface area contributed by atoms with Gasteiger partial charge in [0.2, 0.25) is 0 Å². The van der Waals surface area contributed by atoms with Gasteiger partial charge in [-0.3, -0.25) is 0 Å². The Morgan fingerprint density at radius 2 is 2.20 bits per heavy atom. The number of anilines is 1. The largest absolute Gasteiger partial charge is 0.379 e. The Hall–Kier alpha value is -1.35. The molecule has 1 aromatic carbocycles. The summed E-state index contributed by atoms with van der Waals surface area (Å²) >= 11 is 0. The van der Waals surface area contributed by atoms with Crippen molar-refractivity contribution in [2.24, 2.45) is 0 Å². The Morgan fingerprint density at radius 3 is 2.73 bits per heavy atom. The molecule has 0 amide bonds. The van der Waals surface area contributed by atoms with E-state index < -0.39 is 0 Å². The number of epoxide rings is 1. The Labute approximate surface area is 89.4 Å². The quantitative estimate of drug-likeness (QED) is 0.588. The molecule has 80 valence electrons. The van der Waals surface area contributed by atoms with Gasteiger partial charge in [-0.05, 0) is 19.1 Å². The highest BCUT2D eigenvalue weighted by molar-refractivity contribution is 5.54. The van der Waals surface area contributed by atoms with Gasteiger partial charge in [-0.25, -0.2) is 0 Å². The van der Waals surface area contributed by atoms with Crippen LogP contribution in [0, 0.1) is 6.92 Å². The van der Waals surface area contributed by atoms with E-state index in [4.69, 9.17) is 4.74 Å². The molecular formula is C12H15NO2. The fourth-order valence-corrected chi connectivity index (χ4v) is 1.56. The fourth-order valence-electron chi connectivity index (χ4n) is 1.56. The van der Waals surface area contributed by atoms with E-state index in [0.717, 1.165) is 18.6 Å². The SMILES string of the molecule is Cc1ccc(NC(CC=O)C2CO2)cc1. The Balaban J connectivity index is 1.98. The summed E-state index contributed by atoms with van der Waals surface area (Å²) in [7, 11) is 0. The molecule has 0 saturated carbocycles. The minimum Gasteiger partial charge on any atom is -0.379 e. The fraction of sp³-hybridized carbons (Fsp3) is 0.417. The number of ether oxygens (including phenoxy) is 1. The molecule has 0 radical (unpaired) electrons. The Morgan fingerprint density at radius 1 is 1.53 bits per heavy atom. The molecule has 1 heterocycles. The van der Waals surface area contributed by atoms with Crippen molar-refractivity contribution in [3.63, 3.8) is 0 Å². The van der Waals surface area contributed by atoms with Crippen LogP contribution in [0.5, 0.6) is 0 Å². The van der Waals surface area contributed by atoms with Crippen molar-refractivity contribution in [2.45, 2.75) is 25.5 Å². The minimum absolute atomic E-state index is 0.116. The van der Waals surface area contributed by atoms with Gasteiger partial charge in [0.05, 0.1) is 12.6 Å². The second kappa shape index (κ2) is 4.45. The summed E-state index contributed by atoms with van der Waals surface area (Å²) in [6.45, 7) is 2.81. The standard InChI is InChI=1S/C12H15NO2/c1-9-2-4-10(5-3-9)13-11(6-7-14)12-8-15-12/h2-5,7,11-13H,6,8H2,1H3. The van der Waals surface area contributed by atoms with E-state index in [-0.39, 0.29) is 12.1 Å². The van der Waals surface area contributed by atoms with E-state index in [1.165, 1.54) is 5.56 Å². The first kappa shape index (κ1) is 10.2. The highest BCUT2D eigenvalue weighted by Crippen LogP contribution is 2.20. The molecule has 3 nitrogen and oxygen atoms in total. The zero-order valence-corrected chi connectivity index (χ0v) is 8.77. The van der Waals surface area contributed by atoms with Crippen LogP contribution in [-0.2, 0) is 9.53 Å². The summed E-state index contributed by atoms with van der Waals surface area (Å²) in [4.78, 5) is 10.5. The lowest BCUT2D eigenvalue weighted by Gasteiger charge is -2.15. The molecule has 1 aliphatic rings. The monoisotopic (exact) mass is 205 g/mol. The van der Waals surface area contributed by atoms with Gasteiger partial charge in [-0.1, -0.05) is 17.7 Å². The van der Waals surface area contributed by atoms with Crippen LogP contribution in [0.3, 0.4) is 0 Å². The van der Waals surface area contributed by atoms with E-state index in [1.54, 1.807) is 0 Å². The van der Waals surface area contributed by atoms with Gasteiger partial charge < -0.3 is 14.8 Å². The first-order valence-corrected chi connectivity index (χ1v) is 5.18. The number of carbonyl (C=O) groups is 1. The van der Waals surface area contributed by atoms with Gasteiger partial charge in [0, 0.05) is 12.1 Å². The van der Waals surface area contributed by atoms with Crippen molar-refractivity contribution in [3.05, 3.63) is 29.8 Å². The molecule has 0 aliphatic carbocycles. The van der Waals surface area contributed by atoms with Crippen molar-refractivity contribution in [2.75, 3.05) is 11.9 Å². The molecule has 0 aromatic heterocycles. The number of carbonyl (C=O) groups excluding carboxylic acids is 1. The molecule has 2 rings (SSSR count). The van der Waals surface area contributed by atoms with Gasteiger partial charge in [0.25, 0.3) is 0 Å². The highest BCUT2D eigenvalue weighted by atomic mass is 16.6. The van der Waals surface area contributed by atoms with Crippen LogP contribution in [0.1, 0.15) is 12.0 Å². The van der Waals surface area contributed by atoms with E-state index in [2.05, 4.69) is 12.2 Å². The van der Waals surface area contributed by atoms with Crippen LogP contribution in [0.15, 0.2) is 24.3 Å². The maximum Gasteiger partial charge on any atom is 0.122 e. The predicted octanol–water partition coefficient (Wildman–Crippen LogP) is 1.76. The third-order valence-electron chi connectivity index (χ3n) is 2.56. The van der Waals surface area contributed by atoms with Crippen LogP contribution in [-0.4, -0.2) is 25.0 Å². The normalized spacial score (nSPS) is 20.7. The van der Waals surface area contributed by atoms with Crippen molar-refractivity contribution in [1.29, 1.82) is 0 Å². The molecule has 0 spiro atoms. The van der Waals surface area contributed by atoms with Gasteiger partial charge in [0.1, 0.15) is 12.4 Å². The van der Waals surface area contributed by atoms with Crippen LogP contribution in [0.4, 0.5) is 5.69 Å². The molecule has 15 heavy (non-hydrogen) atoms.